The lowest BCUT2D eigenvalue weighted by molar-refractivity contribution is -0.137. The second-order valence-electron chi connectivity index (χ2n) is 6.27. The molecule has 0 aliphatic heterocycles. The second kappa shape index (κ2) is 9.96. The Morgan fingerprint density at radius 3 is 2.32 bits per heavy atom. The van der Waals surface area contributed by atoms with Gasteiger partial charge in [-0.3, -0.25) is 9.59 Å². The number of hydrogen-bond donors (Lipinski definition) is 3. The molecule has 8 heteroatoms. The molecule has 0 radical (unpaired) electrons. The van der Waals surface area contributed by atoms with E-state index in [0.717, 1.165) is 5.56 Å². The summed E-state index contributed by atoms with van der Waals surface area (Å²) in [5, 5.41) is 14.2. The van der Waals surface area contributed by atoms with Gasteiger partial charge in [0.1, 0.15) is 5.75 Å². The summed E-state index contributed by atoms with van der Waals surface area (Å²) in [4.78, 5) is 35.7. The number of carbonyl (C=O) groups excluding carboxylic acids is 2. The molecule has 0 heterocycles. The molecule has 0 spiro atoms. The van der Waals surface area contributed by atoms with Gasteiger partial charge in [0.2, 0.25) is 0 Å². The molecule has 0 saturated carbocycles. The number of benzene rings is 2. The Morgan fingerprint density at radius 2 is 1.68 bits per heavy atom. The number of carbonyl (C=O) groups is 3. The van der Waals surface area contributed by atoms with Gasteiger partial charge in [0.05, 0.1) is 0 Å². The summed E-state index contributed by atoms with van der Waals surface area (Å²) in [5.41, 5.74) is 1.96. The van der Waals surface area contributed by atoms with E-state index >= 15 is 0 Å². The van der Waals surface area contributed by atoms with E-state index < -0.39 is 12.0 Å². The Bertz CT molecular complexity index is 834. The first-order chi connectivity index (χ1) is 13.3. The van der Waals surface area contributed by atoms with Crippen LogP contribution in [0, 0.1) is 0 Å². The minimum atomic E-state index is -0.866. The molecular weight excluding hydrogens is 362 g/mol. The average molecular weight is 385 g/mol. The molecule has 0 fully saturated rings. The first kappa shape index (κ1) is 20.8. The number of urea groups is 1. The van der Waals surface area contributed by atoms with Gasteiger partial charge in [0, 0.05) is 31.9 Å². The molecule has 8 nitrogen and oxygen atoms in total. The fourth-order valence-corrected chi connectivity index (χ4v) is 2.26. The predicted octanol–water partition coefficient (Wildman–Crippen LogP) is 2.81. The van der Waals surface area contributed by atoms with E-state index in [-0.39, 0.29) is 18.9 Å². The fraction of sp³-hybridized carbons (Fsp3) is 0.250. The largest absolute Gasteiger partial charge is 0.484 e. The van der Waals surface area contributed by atoms with Crippen LogP contribution in [0.25, 0.3) is 0 Å². The lowest BCUT2D eigenvalue weighted by atomic mass is 10.1. The predicted molar refractivity (Wildman–Crippen MR) is 106 cm³/mol. The molecule has 0 aliphatic carbocycles. The van der Waals surface area contributed by atoms with E-state index in [1.807, 2.05) is 6.07 Å². The number of ether oxygens (including phenoxy) is 1. The minimum Gasteiger partial charge on any atom is -0.484 e. The highest BCUT2D eigenvalue weighted by atomic mass is 16.5. The van der Waals surface area contributed by atoms with Crippen LogP contribution in [0.3, 0.4) is 0 Å². The van der Waals surface area contributed by atoms with E-state index in [4.69, 9.17) is 9.84 Å². The lowest BCUT2D eigenvalue weighted by Gasteiger charge is -2.12. The summed E-state index contributed by atoms with van der Waals surface area (Å²) >= 11 is 0. The van der Waals surface area contributed by atoms with E-state index in [2.05, 4.69) is 10.6 Å². The van der Waals surface area contributed by atoms with Crippen molar-refractivity contribution in [1.82, 2.24) is 4.90 Å². The van der Waals surface area contributed by atoms with Crippen molar-refractivity contribution < 1.29 is 24.2 Å². The topological polar surface area (TPSA) is 108 Å². The van der Waals surface area contributed by atoms with E-state index in [0.29, 0.717) is 23.5 Å². The maximum absolute atomic E-state index is 12.1. The van der Waals surface area contributed by atoms with Crippen molar-refractivity contribution in [1.29, 1.82) is 0 Å². The van der Waals surface area contributed by atoms with Crippen LogP contribution in [0.1, 0.15) is 12.0 Å². The Labute approximate surface area is 163 Å². The number of aliphatic carboxylic acids is 1. The quantitative estimate of drug-likeness (QED) is 0.648. The highest BCUT2D eigenvalue weighted by molar-refractivity contribution is 5.99. The van der Waals surface area contributed by atoms with Crippen molar-refractivity contribution in [3.63, 3.8) is 0 Å². The van der Waals surface area contributed by atoms with Crippen molar-refractivity contribution in [2.45, 2.75) is 12.8 Å². The van der Waals surface area contributed by atoms with Gasteiger partial charge in [0.15, 0.2) is 6.61 Å². The highest BCUT2D eigenvalue weighted by Crippen LogP contribution is 2.17. The molecule has 2 aromatic rings. The van der Waals surface area contributed by atoms with Crippen LogP contribution in [-0.4, -0.2) is 48.6 Å². The molecule has 0 bridgehead atoms. The van der Waals surface area contributed by atoms with Crippen LogP contribution >= 0.6 is 0 Å². The maximum atomic E-state index is 12.1. The summed E-state index contributed by atoms with van der Waals surface area (Å²) in [6.07, 6.45) is 0.425. The number of amides is 3. The SMILES string of the molecule is CN(C)C(=O)COc1ccc(NC(=O)Nc2cccc(CCC(=O)O)c2)cc1. The van der Waals surface area contributed by atoms with Crippen molar-refractivity contribution in [2.24, 2.45) is 0 Å². The number of rotatable bonds is 8. The highest BCUT2D eigenvalue weighted by Gasteiger charge is 2.07. The van der Waals surface area contributed by atoms with Gasteiger partial charge in [-0.1, -0.05) is 12.1 Å². The van der Waals surface area contributed by atoms with Gasteiger partial charge in [-0.25, -0.2) is 4.79 Å². The van der Waals surface area contributed by atoms with E-state index in [1.54, 1.807) is 56.6 Å². The fourth-order valence-electron chi connectivity index (χ4n) is 2.26. The van der Waals surface area contributed by atoms with Crippen molar-refractivity contribution in [2.75, 3.05) is 31.3 Å². The zero-order valence-corrected chi connectivity index (χ0v) is 15.8. The molecular formula is C20H23N3O5. The van der Waals surface area contributed by atoms with Crippen LogP contribution in [-0.2, 0) is 16.0 Å². The summed E-state index contributed by atoms with van der Waals surface area (Å²) < 4.78 is 5.38. The average Bonchev–Trinajstić information content (AvgIpc) is 2.65. The minimum absolute atomic E-state index is 0.0320. The molecule has 0 aromatic heterocycles. The molecule has 2 rings (SSSR count). The Balaban J connectivity index is 1.86. The molecule has 2 aromatic carbocycles. The molecule has 28 heavy (non-hydrogen) atoms. The number of carboxylic acids is 1. The standard InChI is InChI=1S/C20H23N3O5/c1-23(2)18(24)13-28-17-9-7-15(8-10-17)21-20(27)22-16-5-3-4-14(12-16)6-11-19(25)26/h3-5,7-10,12H,6,11,13H2,1-2H3,(H,25,26)(H2,21,22,27). The van der Waals surface area contributed by atoms with E-state index in [1.165, 1.54) is 4.90 Å². The van der Waals surface area contributed by atoms with Gasteiger partial charge < -0.3 is 25.4 Å². The maximum Gasteiger partial charge on any atom is 0.323 e. The van der Waals surface area contributed by atoms with Gasteiger partial charge in [-0.15, -0.1) is 0 Å². The van der Waals surface area contributed by atoms with Gasteiger partial charge >= 0.3 is 12.0 Å². The van der Waals surface area contributed by atoms with Gasteiger partial charge in [-0.2, -0.15) is 0 Å². The lowest BCUT2D eigenvalue weighted by Crippen LogP contribution is -2.27. The third-order valence-corrected chi connectivity index (χ3v) is 3.79. The first-order valence-corrected chi connectivity index (χ1v) is 8.65. The third kappa shape index (κ3) is 6.99. The van der Waals surface area contributed by atoms with Gasteiger partial charge in [-0.05, 0) is 48.4 Å². The van der Waals surface area contributed by atoms with Crippen LogP contribution in [0.5, 0.6) is 5.75 Å². The normalized spacial score (nSPS) is 10.1. The number of likely N-dealkylation sites (N-methyl/N-ethyl adjacent to an activating group) is 1. The van der Waals surface area contributed by atoms with Crippen LogP contribution < -0.4 is 15.4 Å². The van der Waals surface area contributed by atoms with Gasteiger partial charge in [0.25, 0.3) is 5.91 Å². The summed E-state index contributed by atoms with van der Waals surface area (Å²) in [7, 11) is 3.30. The second-order valence-corrected chi connectivity index (χ2v) is 6.27. The smallest absolute Gasteiger partial charge is 0.323 e. The molecule has 0 unspecified atom stereocenters. The van der Waals surface area contributed by atoms with Crippen molar-refractivity contribution in [3.05, 3.63) is 54.1 Å². The number of nitrogens with one attached hydrogen (secondary N) is 2. The number of hydrogen-bond acceptors (Lipinski definition) is 4. The Morgan fingerprint density at radius 1 is 1.00 bits per heavy atom. The molecule has 3 N–H and O–H groups in total. The van der Waals surface area contributed by atoms with Crippen LogP contribution in [0.4, 0.5) is 16.2 Å². The Hall–Kier alpha value is -3.55. The van der Waals surface area contributed by atoms with Crippen LogP contribution in [0.2, 0.25) is 0 Å². The zero-order chi connectivity index (χ0) is 20.5. The first-order valence-electron chi connectivity index (χ1n) is 8.65. The molecule has 3 amide bonds. The van der Waals surface area contributed by atoms with Crippen molar-refractivity contribution >= 4 is 29.3 Å². The number of nitrogens with zero attached hydrogens (tertiary/aromatic N) is 1. The zero-order valence-electron chi connectivity index (χ0n) is 15.8. The monoisotopic (exact) mass is 385 g/mol. The Kier molecular flexibility index (Phi) is 7.38. The van der Waals surface area contributed by atoms with Crippen LogP contribution in [0.15, 0.2) is 48.5 Å². The third-order valence-electron chi connectivity index (χ3n) is 3.79. The summed E-state index contributed by atoms with van der Waals surface area (Å²) in [5.74, 6) is -0.492. The van der Waals surface area contributed by atoms with E-state index in [9.17, 15) is 14.4 Å². The molecule has 148 valence electrons. The molecule has 0 saturated heterocycles. The van der Waals surface area contributed by atoms with Crippen molar-refractivity contribution in [3.8, 4) is 5.75 Å². The molecule has 0 atom stereocenters. The number of aryl methyl sites for hydroxylation is 1. The number of carboxylic acid groups (broad SMARTS) is 1. The number of anilines is 2. The summed E-state index contributed by atoms with van der Waals surface area (Å²) in [6.45, 7) is -0.0571. The summed E-state index contributed by atoms with van der Waals surface area (Å²) in [6, 6.07) is 13.3. The molecule has 0 aliphatic rings.